The number of nitrogens with zero attached hydrogens (tertiary/aromatic N) is 2. The number of nitrogens with two attached hydrogens (primary N) is 1. The maximum absolute atomic E-state index is 12.7. The number of aromatic nitrogens is 1. The van der Waals surface area contributed by atoms with Crippen molar-refractivity contribution in [2.75, 3.05) is 5.32 Å². The van der Waals surface area contributed by atoms with Gasteiger partial charge in [-0.15, -0.1) is 0 Å². The Bertz CT molecular complexity index is 994. The Balaban J connectivity index is 1.35. The summed E-state index contributed by atoms with van der Waals surface area (Å²) >= 11 is 0. The first kappa shape index (κ1) is 18.8. The molecule has 2 heterocycles. The summed E-state index contributed by atoms with van der Waals surface area (Å²) in [4.78, 5) is 30.7. The third-order valence-corrected chi connectivity index (χ3v) is 5.13. The molecular formula is C23H22N4O2. The van der Waals surface area contributed by atoms with E-state index in [0.29, 0.717) is 24.3 Å². The third-order valence-electron chi connectivity index (χ3n) is 5.13. The lowest BCUT2D eigenvalue weighted by molar-refractivity contribution is -0.132. The maximum atomic E-state index is 12.7. The van der Waals surface area contributed by atoms with E-state index in [1.165, 1.54) is 11.1 Å². The smallest absolute Gasteiger partial charge is 0.255 e. The molecule has 6 nitrogen and oxygen atoms in total. The van der Waals surface area contributed by atoms with Crippen molar-refractivity contribution in [3.63, 3.8) is 0 Å². The number of benzene rings is 2. The Kier molecular flexibility index (Phi) is 5.35. The molecule has 4 rings (SSSR count). The molecule has 2 aromatic carbocycles. The van der Waals surface area contributed by atoms with E-state index in [2.05, 4.69) is 22.4 Å². The second-order valence-corrected chi connectivity index (χ2v) is 7.14. The van der Waals surface area contributed by atoms with Gasteiger partial charge >= 0.3 is 0 Å². The van der Waals surface area contributed by atoms with Crippen LogP contribution in [0.4, 0.5) is 5.69 Å². The Hall–Kier alpha value is -3.51. The Morgan fingerprint density at radius 1 is 0.966 bits per heavy atom. The van der Waals surface area contributed by atoms with Crippen LogP contribution in [-0.4, -0.2) is 21.7 Å². The van der Waals surface area contributed by atoms with Crippen molar-refractivity contribution in [2.24, 2.45) is 5.73 Å². The molecular weight excluding hydrogens is 364 g/mol. The van der Waals surface area contributed by atoms with Gasteiger partial charge in [-0.25, -0.2) is 0 Å². The van der Waals surface area contributed by atoms with E-state index < -0.39 is 6.04 Å². The van der Waals surface area contributed by atoms with Gasteiger partial charge in [-0.05, 0) is 41.0 Å². The fourth-order valence-corrected chi connectivity index (χ4v) is 3.46. The zero-order chi connectivity index (χ0) is 20.2. The average molecular weight is 386 g/mol. The van der Waals surface area contributed by atoms with Crippen molar-refractivity contribution in [3.8, 4) is 0 Å². The lowest BCUT2D eigenvalue weighted by atomic mass is 10.0. The molecule has 1 aromatic heterocycles. The minimum atomic E-state index is -0.413. The summed E-state index contributed by atoms with van der Waals surface area (Å²) in [6.45, 7) is 1.27. The van der Waals surface area contributed by atoms with Crippen molar-refractivity contribution >= 4 is 17.5 Å². The maximum Gasteiger partial charge on any atom is 0.255 e. The third kappa shape index (κ3) is 4.33. The van der Waals surface area contributed by atoms with E-state index in [1.54, 1.807) is 48.8 Å². The molecule has 0 saturated heterocycles. The highest BCUT2D eigenvalue weighted by molar-refractivity contribution is 6.04. The molecule has 0 saturated carbocycles. The number of amides is 2. The zero-order valence-electron chi connectivity index (χ0n) is 15.9. The Morgan fingerprint density at radius 2 is 1.59 bits per heavy atom. The first-order valence-corrected chi connectivity index (χ1v) is 9.51. The summed E-state index contributed by atoms with van der Waals surface area (Å²) < 4.78 is 0. The highest BCUT2D eigenvalue weighted by Crippen LogP contribution is 2.25. The lowest BCUT2D eigenvalue weighted by Crippen LogP contribution is -2.29. The predicted octanol–water partition coefficient (Wildman–Crippen LogP) is 3.27. The van der Waals surface area contributed by atoms with E-state index in [0.717, 1.165) is 5.56 Å². The van der Waals surface area contributed by atoms with Crippen molar-refractivity contribution in [2.45, 2.75) is 25.6 Å². The van der Waals surface area contributed by atoms with Gasteiger partial charge < -0.3 is 16.0 Å². The topological polar surface area (TPSA) is 88.3 Å². The molecule has 0 spiro atoms. The number of pyridine rings is 1. The quantitative estimate of drug-likeness (QED) is 0.704. The minimum absolute atomic E-state index is 0.0354. The molecule has 3 aromatic rings. The molecule has 3 N–H and O–H groups in total. The summed E-state index contributed by atoms with van der Waals surface area (Å²) in [6, 6.07) is 18.2. The SMILES string of the molecule is NC(CC(=O)N1Cc2ccccc2C1)c1ccc(C(=O)Nc2ccncc2)cc1. The van der Waals surface area contributed by atoms with E-state index in [1.807, 2.05) is 17.0 Å². The van der Waals surface area contributed by atoms with Crippen LogP contribution in [0.15, 0.2) is 73.1 Å². The monoisotopic (exact) mass is 386 g/mol. The van der Waals surface area contributed by atoms with Gasteiger partial charge in [0.25, 0.3) is 5.91 Å². The van der Waals surface area contributed by atoms with Crippen LogP contribution in [0.5, 0.6) is 0 Å². The van der Waals surface area contributed by atoms with Gasteiger partial charge in [0.1, 0.15) is 0 Å². The second-order valence-electron chi connectivity index (χ2n) is 7.14. The molecule has 29 heavy (non-hydrogen) atoms. The minimum Gasteiger partial charge on any atom is -0.334 e. The van der Waals surface area contributed by atoms with Crippen LogP contribution in [-0.2, 0) is 17.9 Å². The van der Waals surface area contributed by atoms with Crippen LogP contribution >= 0.6 is 0 Å². The standard InChI is InChI=1S/C23H22N4O2/c24-21(13-22(28)27-14-18-3-1-2-4-19(18)15-27)16-5-7-17(8-6-16)23(29)26-20-9-11-25-12-10-20/h1-12,21H,13-15,24H2,(H,25,26,29). The number of anilines is 1. The number of fused-ring (bicyclic) bond motifs is 1. The number of rotatable bonds is 5. The highest BCUT2D eigenvalue weighted by Gasteiger charge is 2.24. The van der Waals surface area contributed by atoms with Crippen molar-refractivity contribution in [1.82, 2.24) is 9.88 Å². The summed E-state index contributed by atoms with van der Waals surface area (Å²) in [5.41, 5.74) is 10.7. The van der Waals surface area contributed by atoms with Crippen molar-refractivity contribution in [3.05, 3.63) is 95.3 Å². The summed E-state index contributed by atoms with van der Waals surface area (Å²) in [7, 11) is 0. The Labute approximate surface area is 169 Å². The van der Waals surface area contributed by atoms with E-state index in [-0.39, 0.29) is 18.2 Å². The molecule has 0 bridgehead atoms. The molecule has 1 aliphatic heterocycles. The number of carbonyl (C=O) groups is 2. The molecule has 146 valence electrons. The van der Waals surface area contributed by atoms with Gasteiger partial charge in [0, 0.05) is 49.2 Å². The second kappa shape index (κ2) is 8.24. The largest absolute Gasteiger partial charge is 0.334 e. The summed E-state index contributed by atoms with van der Waals surface area (Å²) in [5.74, 6) is -0.171. The Morgan fingerprint density at radius 3 is 2.21 bits per heavy atom. The first-order chi connectivity index (χ1) is 14.1. The van der Waals surface area contributed by atoms with Crippen molar-refractivity contribution < 1.29 is 9.59 Å². The van der Waals surface area contributed by atoms with Gasteiger partial charge in [0.15, 0.2) is 0 Å². The summed E-state index contributed by atoms with van der Waals surface area (Å²) in [5, 5.41) is 2.81. The first-order valence-electron chi connectivity index (χ1n) is 9.51. The fraction of sp³-hybridized carbons (Fsp3) is 0.174. The van der Waals surface area contributed by atoms with Crippen LogP contribution in [0.25, 0.3) is 0 Å². The molecule has 0 fully saturated rings. The van der Waals surface area contributed by atoms with Crippen LogP contribution in [0, 0.1) is 0 Å². The van der Waals surface area contributed by atoms with Gasteiger partial charge in [0.05, 0.1) is 0 Å². The number of nitrogens with one attached hydrogen (secondary N) is 1. The number of carbonyl (C=O) groups excluding carboxylic acids is 2. The van der Waals surface area contributed by atoms with Crippen LogP contribution in [0.2, 0.25) is 0 Å². The van der Waals surface area contributed by atoms with Crippen LogP contribution in [0.1, 0.15) is 39.5 Å². The van der Waals surface area contributed by atoms with Crippen LogP contribution in [0.3, 0.4) is 0 Å². The lowest BCUT2D eigenvalue weighted by Gasteiger charge is -2.19. The highest BCUT2D eigenvalue weighted by atomic mass is 16.2. The summed E-state index contributed by atoms with van der Waals surface area (Å²) in [6.07, 6.45) is 3.47. The number of hydrogen-bond donors (Lipinski definition) is 2. The van der Waals surface area contributed by atoms with Crippen molar-refractivity contribution in [1.29, 1.82) is 0 Å². The molecule has 0 radical (unpaired) electrons. The van der Waals surface area contributed by atoms with E-state index in [9.17, 15) is 9.59 Å². The molecule has 0 aliphatic carbocycles. The predicted molar refractivity (Wildman–Crippen MR) is 111 cm³/mol. The van der Waals surface area contributed by atoms with Gasteiger partial charge in [-0.3, -0.25) is 14.6 Å². The van der Waals surface area contributed by atoms with Gasteiger partial charge in [-0.1, -0.05) is 36.4 Å². The van der Waals surface area contributed by atoms with E-state index >= 15 is 0 Å². The van der Waals surface area contributed by atoms with Gasteiger partial charge in [0.2, 0.25) is 5.91 Å². The molecule has 1 atom stereocenters. The molecule has 1 aliphatic rings. The normalized spacial score (nSPS) is 13.6. The molecule has 6 heteroatoms. The van der Waals surface area contributed by atoms with Crippen LogP contribution < -0.4 is 11.1 Å². The average Bonchev–Trinajstić information content (AvgIpc) is 3.19. The number of hydrogen-bond acceptors (Lipinski definition) is 4. The zero-order valence-corrected chi connectivity index (χ0v) is 15.9. The van der Waals surface area contributed by atoms with E-state index in [4.69, 9.17) is 5.73 Å². The molecule has 2 amide bonds. The fourth-order valence-electron chi connectivity index (χ4n) is 3.46. The molecule has 1 unspecified atom stereocenters. The van der Waals surface area contributed by atoms with Gasteiger partial charge in [-0.2, -0.15) is 0 Å².